The molecule has 0 bridgehead atoms. The predicted octanol–water partition coefficient (Wildman–Crippen LogP) is 2.65. The van der Waals surface area contributed by atoms with Crippen LogP contribution < -0.4 is 10.1 Å². The Bertz CT molecular complexity index is 638. The molecule has 1 aliphatic carbocycles. The normalized spacial score (nSPS) is 25.8. The predicted molar refractivity (Wildman–Crippen MR) is 78.0 cm³/mol. The molecule has 1 fully saturated rings. The third-order valence-electron chi connectivity index (χ3n) is 3.85. The van der Waals surface area contributed by atoms with Gasteiger partial charge in [-0.05, 0) is 25.0 Å². The highest BCUT2D eigenvalue weighted by Gasteiger charge is 2.32. The van der Waals surface area contributed by atoms with Gasteiger partial charge in [-0.25, -0.2) is 9.37 Å². The van der Waals surface area contributed by atoms with E-state index in [1.165, 1.54) is 0 Å². The number of hydrogen-bond donors (Lipinski definition) is 2. The number of fused-ring (bicyclic) bond motifs is 1. The Labute approximate surface area is 122 Å². The Kier molecular flexibility index (Phi) is 3.63. The summed E-state index contributed by atoms with van der Waals surface area (Å²) in [5.41, 5.74) is 1.54. The topological polar surface area (TPSA) is 67.3 Å². The number of methoxy groups -OCH3 is 1. The molecule has 112 valence electrons. The number of rotatable bonds is 3. The van der Waals surface area contributed by atoms with Gasteiger partial charge in [-0.2, -0.15) is 0 Å². The van der Waals surface area contributed by atoms with E-state index in [2.05, 4.69) is 15.3 Å². The summed E-state index contributed by atoms with van der Waals surface area (Å²) in [6, 6.07) is 5.64. The fraction of sp³-hybridized carbons (Fsp3) is 0.467. The third-order valence-corrected chi connectivity index (χ3v) is 3.85. The van der Waals surface area contributed by atoms with Gasteiger partial charge >= 0.3 is 0 Å². The van der Waals surface area contributed by atoms with Crippen molar-refractivity contribution in [3.05, 3.63) is 24.4 Å². The van der Waals surface area contributed by atoms with Crippen molar-refractivity contribution in [1.29, 1.82) is 0 Å². The minimum atomic E-state index is -2.01. The highest BCUT2D eigenvalue weighted by Crippen LogP contribution is 2.30. The summed E-state index contributed by atoms with van der Waals surface area (Å²) in [5, 5.41) is 12.6. The van der Waals surface area contributed by atoms with Crippen LogP contribution in [-0.2, 0) is 0 Å². The van der Waals surface area contributed by atoms with Gasteiger partial charge in [-0.3, -0.25) is 4.98 Å². The van der Waals surface area contributed by atoms with Gasteiger partial charge in [0.25, 0.3) is 0 Å². The van der Waals surface area contributed by atoms with Gasteiger partial charge in [-0.15, -0.1) is 0 Å². The second kappa shape index (κ2) is 5.44. The molecule has 0 spiro atoms. The Balaban J connectivity index is 1.73. The van der Waals surface area contributed by atoms with Crippen LogP contribution in [0, 0.1) is 0 Å². The average Bonchev–Trinajstić information content (AvgIpc) is 2.49. The van der Waals surface area contributed by atoms with E-state index in [9.17, 15) is 9.50 Å². The van der Waals surface area contributed by atoms with Crippen LogP contribution in [0.2, 0.25) is 0 Å². The maximum Gasteiger partial charge on any atom is 0.206 e. The summed E-state index contributed by atoms with van der Waals surface area (Å²) in [4.78, 5) is 8.85. The van der Waals surface area contributed by atoms with Gasteiger partial charge in [0, 0.05) is 24.9 Å². The van der Waals surface area contributed by atoms with Gasteiger partial charge in [0.1, 0.15) is 11.6 Å². The van der Waals surface area contributed by atoms with E-state index >= 15 is 0 Å². The maximum absolute atomic E-state index is 13.4. The van der Waals surface area contributed by atoms with Crippen molar-refractivity contribution in [2.45, 2.75) is 37.6 Å². The minimum Gasteiger partial charge on any atom is -0.497 e. The van der Waals surface area contributed by atoms with Crippen molar-refractivity contribution in [2.24, 2.45) is 0 Å². The highest BCUT2D eigenvalue weighted by atomic mass is 19.2. The number of aliphatic hydroxyl groups is 1. The quantitative estimate of drug-likeness (QED) is 0.910. The molecule has 0 aliphatic heterocycles. The summed E-state index contributed by atoms with van der Waals surface area (Å²) >= 11 is 0. The molecular weight excluding hydrogens is 273 g/mol. The largest absolute Gasteiger partial charge is 0.497 e. The number of aromatic nitrogens is 2. The molecule has 1 aromatic heterocycles. The summed E-state index contributed by atoms with van der Waals surface area (Å²) in [7, 11) is 1.61. The summed E-state index contributed by atoms with van der Waals surface area (Å²) in [6.07, 6.45) is 3.13. The lowest BCUT2D eigenvalue weighted by Gasteiger charge is -2.30. The highest BCUT2D eigenvalue weighted by molar-refractivity contribution is 5.77. The number of benzene rings is 1. The molecule has 2 aromatic rings. The second-order valence-electron chi connectivity index (χ2n) is 5.45. The van der Waals surface area contributed by atoms with Crippen molar-refractivity contribution in [2.75, 3.05) is 12.4 Å². The van der Waals surface area contributed by atoms with Crippen LogP contribution in [0.15, 0.2) is 24.4 Å². The first-order valence-corrected chi connectivity index (χ1v) is 7.04. The van der Waals surface area contributed by atoms with Gasteiger partial charge in [0.15, 0.2) is 0 Å². The first-order valence-electron chi connectivity index (χ1n) is 7.04. The molecule has 1 aliphatic rings. The first-order chi connectivity index (χ1) is 10.1. The molecule has 1 aromatic carbocycles. The molecule has 0 saturated heterocycles. The van der Waals surface area contributed by atoms with Crippen molar-refractivity contribution in [3.63, 3.8) is 0 Å². The SMILES string of the molecule is COc1ccc2nc(NC3CCC(O)(F)CC3)cnc2c1. The molecule has 21 heavy (non-hydrogen) atoms. The maximum atomic E-state index is 13.4. The van der Waals surface area contributed by atoms with E-state index < -0.39 is 5.85 Å². The number of ether oxygens (including phenoxy) is 1. The minimum absolute atomic E-state index is 0.117. The van der Waals surface area contributed by atoms with Crippen LogP contribution >= 0.6 is 0 Å². The van der Waals surface area contributed by atoms with Crippen LogP contribution in [0.3, 0.4) is 0 Å². The Morgan fingerprint density at radius 2 is 2.10 bits per heavy atom. The van der Waals surface area contributed by atoms with E-state index in [0.29, 0.717) is 18.7 Å². The molecule has 3 rings (SSSR count). The van der Waals surface area contributed by atoms with Gasteiger partial charge < -0.3 is 15.2 Å². The van der Waals surface area contributed by atoms with E-state index in [1.54, 1.807) is 13.3 Å². The van der Waals surface area contributed by atoms with E-state index in [1.807, 2.05) is 18.2 Å². The van der Waals surface area contributed by atoms with E-state index in [-0.39, 0.29) is 18.9 Å². The van der Waals surface area contributed by atoms with Gasteiger partial charge in [0.05, 0.1) is 24.3 Å². The fourth-order valence-electron chi connectivity index (χ4n) is 2.60. The average molecular weight is 291 g/mol. The van der Waals surface area contributed by atoms with Crippen molar-refractivity contribution >= 4 is 16.9 Å². The summed E-state index contributed by atoms with van der Waals surface area (Å²) in [5.74, 6) is -0.599. The fourth-order valence-corrected chi connectivity index (χ4v) is 2.60. The number of nitrogens with zero attached hydrogens (tertiary/aromatic N) is 2. The smallest absolute Gasteiger partial charge is 0.206 e. The van der Waals surface area contributed by atoms with Crippen molar-refractivity contribution in [3.8, 4) is 5.75 Å². The van der Waals surface area contributed by atoms with Gasteiger partial charge in [0.2, 0.25) is 5.85 Å². The molecule has 1 heterocycles. The zero-order valence-electron chi connectivity index (χ0n) is 11.8. The molecule has 6 heteroatoms. The number of anilines is 1. The number of nitrogens with one attached hydrogen (secondary N) is 1. The lowest BCUT2D eigenvalue weighted by atomic mass is 9.91. The lowest BCUT2D eigenvalue weighted by Crippen LogP contribution is -2.34. The second-order valence-corrected chi connectivity index (χ2v) is 5.45. The van der Waals surface area contributed by atoms with E-state index in [4.69, 9.17) is 4.74 Å². The van der Waals surface area contributed by atoms with E-state index in [0.717, 1.165) is 16.8 Å². The molecule has 1 saturated carbocycles. The molecule has 0 unspecified atom stereocenters. The number of hydrogen-bond acceptors (Lipinski definition) is 5. The molecule has 5 nitrogen and oxygen atoms in total. The summed E-state index contributed by atoms with van der Waals surface area (Å²) in [6.45, 7) is 0. The summed E-state index contributed by atoms with van der Waals surface area (Å²) < 4.78 is 18.5. The number of alkyl halides is 1. The van der Waals surface area contributed by atoms with Crippen LogP contribution in [0.1, 0.15) is 25.7 Å². The Hall–Kier alpha value is -1.95. The Morgan fingerprint density at radius 1 is 1.33 bits per heavy atom. The first kappa shape index (κ1) is 14.0. The van der Waals surface area contributed by atoms with Crippen LogP contribution in [0.5, 0.6) is 5.75 Å². The zero-order chi connectivity index (χ0) is 14.9. The van der Waals surface area contributed by atoms with Crippen LogP contribution in [-0.4, -0.2) is 34.1 Å². The zero-order valence-corrected chi connectivity index (χ0v) is 11.8. The lowest BCUT2D eigenvalue weighted by molar-refractivity contribution is -0.115. The molecular formula is C15H18FN3O2. The molecule has 0 amide bonds. The molecule has 0 atom stereocenters. The standard InChI is InChI=1S/C15H18FN3O2/c1-21-11-2-3-12-13(8-11)17-9-14(19-12)18-10-4-6-15(16,20)7-5-10/h2-3,8-10,20H,4-7H2,1H3,(H,18,19). The molecule has 0 radical (unpaired) electrons. The molecule has 2 N–H and O–H groups in total. The monoisotopic (exact) mass is 291 g/mol. The third kappa shape index (κ3) is 3.21. The van der Waals surface area contributed by atoms with Crippen LogP contribution in [0.4, 0.5) is 10.2 Å². The Morgan fingerprint density at radius 3 is 2.81 bits per heavy atom. The van der Waals surface area contributed by atoms with Crippen molar-refractivity contribution in [1.82, 2.24) is 9.97 Å². The number of halogens is 1. The van der Waals surface area contributed by atoms with Gasteiger partial charge in [-0.1, -0.05) is 0 Å². The van der Waals surface area contributed by atoms with Crippen LogP contribution in [0.25, 0.3) is 11.0 Å². The van der Waals surface area contributed by atoms with Crippen molar-refractivity contribution < 1.29 is 14.2 Å².